The van der Waals surface area contributed by atoms with Crippen LogP contribution >= 0.6 is 0 Å². The van der Waals surface area contributed by atoms with Gasteiger partial charge < -0.3 is 5.61 Å². The molecule has 0 bridgehead atoms. The molecule has 0 radical (unpaired) electrons. The van der Waals surface area contributed by atoms with E-state index in [-0.39, 0.29) is 57.7 Å². The third-order valence-corrected chi connectivity index (χ3v) is 3.50. The van der Waals surface area contributed by atoms with Crippen molar-refractivity contribution in [2.24, 2.45) is 0 Å². The Morgan fingerprint density at radius 1 is 1.12 bits per heavy atom. The van der Waals surface area contributed by atoms with Gasteiger partial charge in [0.25, 0.3) is 0 Å². The van der Waals surface area contributed by atoms with Crippen molar-refractivity contribution in [3.8, 4) is 0 Å². The fraction of sp³-hybridized carbons (Fsp3) is 0. The normalized spacial score (nSPS) is 10.6. The molecule has 0 aliphatic rings. The Balaban J connectivity index is 0.00000144. The minimum Gasteiger partial charge on any atom is -1.00 e. The van der Waals surface area contributed by atoms with Crippen molar-refractivity contribution in [1.29, 1.82) is 0 Å². The molecular weight excluding hydrogens is 263 g/mol. The molecule has 2 aromatic carbocycles. The summed E-state index contributed by atoms with van der Waals surface area (Å²) in [5, 5.41) is 1.50. The second kappa shape index (κ2) is 6.13. The van der Waals surface area contributed by atoms with E-state index in [1.165, 1.54) is 6.07 Å². The van der Waals surface area contributed by atoms with E-state index in [1.807, 2.05) is 18.2 Å². The summed E-state index contributed by atoms with van der Waals surface area (Å²) in [7, 11) is -3.75. The van der Waals surface area contributed by atoms with Gasteiger partial charge in [0.1, 0.15) is 4.90 Å². The first kappa shape index (κ1) is 14.9. The van der Waals surface area contributed by atoms with Crippen LogP contribution in [0.4, 0.5) is 0 Å². The Labute approximate surface area is 145 Å². The third-order valence-electron chi connectivity index (χ3n) is 2.21. The molecule has 0 heterocycles. The quantitative estimate of drug-likeness (QED) is 0.442. The number of hydrogen-bond donors (Lipinski definition) is 0. The van der Waals surface area contributed by atoms with Crippen molar-refractivity contribution in [3.63, 3.8) is 0 Å². The van der Waals surface area contributed by atoms with Gasteiger partial charge in [0.05, 0.1) is 6.26 Å². The first-order valence-electron chi connectivity index (χ1n) is 4.67. The van der Waals surface area contributed by atoms with E-state index in [4.69, 9.17) is 0 Å². The van der Waals surface area contributed by atoms with Gasteiger partial charge >= 0.3 is 61.5 Å². The maximum Gasteiger partial charge on any atom is 1.00 e. The first-order chi connectivity index (χ1) is 7.65. The van der Waals surface area contributed by atoms with E-state index in [2.05, 4.69) is 10.8 Å². The van der Waals surface area contributed by atoms with Crippen molar-refractivity contribution in [3.05, 3.63) is 55.3 Å². The molecule has 0 saturated carbocycles. The zero-order chi connectivity index (χ0) is 11.6. The van der Waals surface area contributed by atoms with Crippen molar-refractivity contribution >= 4 is 20.9 Å². The van der Waals surface area contributed by atoms with Gasteiger partial charge in [-0.25, -0.2) is 0 Å². The predicted molar refractivity (Wildman–Crippen MR) is 63.5 cm³/mol. The van der Waals surface area contributed by atoms with E-state index in [0.29, 0.717) is 5.39 Å². The Bertz CT molecular complexity index is 635. The summed E-state index contributed by atoms with van der Waals surface area (Å²) in [5.41, 5.74) is 0. The molecule has 3 nitrogen and oxygen atoms in total. The maximum absolute atomic E-state index is 11.8. The van der Waals surface area contributed by atoms with Crippen molar-refractivity contribution in [2.45, 2.75) is 4.90 Å². The van der Waals surface area contributed by atoms with Gasteiger partial charge in [0.2, 0.25) is 0 Å². The topological polar surface area (TPSA) is 43.4 Å². The van der Waals surface area contributed by atoms with Crippen LogP contribution in [0.15, 0.2) is 60.2 Å². The van der Waals surface area contributed by atoms with Crippen molar-refractivity contribution in [2.75, 3.05) is 0 Å². The summed E-state index contributed by atoms with van der Waals surface area (Å²) in [5.74, 6) is 0. The summed E-state index contributed by atoms with van der Waals surface area (Å²) in [4.78, 5) is 0.158. The zero-order valence-corrected chi connectivity index (χ0v) is 13.4. The van der Waals surface area contributed by atoms with Gasteiger partial charge in [-0.3, -0.25) is 0 Å². The van der Waals surface area contributed by atoms with Crippen LogP contribution in [-0.2, 0) is 14.3 Å². The standard InChI is InChI=1S/C12H10O3S.K.H/c1-2-15-16(13,14)12-9-5-7-10-6-3-4-8-11(10)12;;/h2-9H,1H2;;/q;+1;-1. The number of fused-ring (bicyclic) bond motifs is 1. The molecule has 0 aromatic heterocycles. The molecule has 2 rings (SSSR count). The monoisotopic (exact) mass is 274 g/mol. The Morgan fingerprint density at radius 3 is 2.47 bits per heavy atom. The van der Waals surface area contributed by atoms with E-state index < -0.39 is 10.1 Å². The number of rotatable bonds is 3. The van der Waals surface area contributed by atoms with Crippen molar-refractivity contribution in [1.82, 2.24) is 0 Å². The minimum atomic E-state index is -3.75. The zero-order valence-electron chi connectivity index (χ0n) is 10.5. The second-order valence-corrected chi connectivity index (χ2v) is 4.73. The first-order valence-corrected chi connectivity index (χ1v) is 6.08. The van der Waals surface area contributed by atoms with Gasteiger partial charge in [-0.2, -0.15) is 8.42 Å². The van der Waals surface area contributed by atoms with Gasteiger partial charge in [0, 0.05) is 5.39 Å². The van der Waals surface area contributed by atoms with Crippen LogP contribution in [0.1, 0.15) is 1.43 Å². The number of benzene rings is 2. The van der Waals surface area contributed by atoms with Crippen LogP contribution in [0.3, 0.4) is 0 Å². The average Bonchev–Trinajstić information content (AvgIpc) is 2.28. The molecule has 2 aromatic rings. The predicted octanol–water partition coefficient (Wildman–Crippen LogP) is -0.195. The van der Waals surface area contributed by atoms with Crippen LogP contribution in [0, 0.1) is 0 Å². The van der Waals surface area contributed by atoms with Gasteiger partial charge in [0.15, 0.2) is 0 Å². The molecule has 0 spiro atoms. The molecule has 84 valence electrons. The average molecular weight is 274 g/mol. The molecule has 0 saturated heterocycles. The van der Waals surface area contributed by atoms with Gasteiger partial charge in [-0.15, -0.1) is 0 Å². The smallest absolute Gasteiger partial charge is 1.00 e. The van der Waals surface area contributed by atoms with Crippen LogP contribution in [0.2, 0.25) is 0 Å². The van der Waals surface area contributed by atoms with Gasteiger partial charge in [-0.1, -0.05) is 43.0 Å². The maximum atomic E-state index is 11.8. The van der Waals surface area contributed by atoms with Crippen LogP contribution in [0.25, 0.3) is 10.8 Å². The fourth-order valence-electron chi connectivity index (χ4n) is 1.56. The van der Waals surface area contributed by atoms with Crippen LogP contribution in [0.5, 0.6) is 0 Å². The molecule has 0 N–H and O–H groups in total. The van der Waals surface area contributed by atoms with E-state index in [0.717, 1.165) is 11.6 Å². The Kier molecular flexibility index (Phi) is 5.37. The molecular formula is C12H11KO3S. The molecule has 17 heavy (non-hydrogen) atoms. The van der Waals surface area contributed by atoms with Crippen molar-refractivity contribution < 1.29 is 65.4 Å². The molecule has 0 fully saturated rings. The van der Waals surface area contributed by atoms with E-state index >= 15 is 0 Å². The summed E-state index contributed by atoms with van der Waals surface area (Å²) >= 11 is 0. The summed E-state index contributed by atoms with van der Waals surface area (Å²) in [6.45, 7) is 3.25. The summed E-state index contributed by atoms with van der Waals surface area (Å²) in [6, 6.07) is 12.3. The molecule has 0 atom stereocenters. The minimum absolute atomic E-state index is 0. The van der Waals surface area contributed by atoms with Crippen LogP contribution in [-0.4, -0.2) is 8.42 Å². The molecule has 0 unspecified atom stereocenters. The summed E-state index contributed by atoms with van der Waals surface area (Å²) < 4.78 is 28.1. The van der Waals surface area contributed by atoms with E-state index in [9.17, 15) is 8.42 Å². The fourth-order valence-corrected chi connectivity index (χ4v) is 2.54. The Hall–Kier alpha value is -0.174. The van der Waals surface area contributed by atoms with Gasteiger partial charge in [-0.05, 0) is 11.5 Å². The molecule has 0 amide bonds. The molecule has 0 aliphatic heterocycles. The van der Waals surface area contributed by atoms with E-state index in [1.54, 1.807) is 18.2 Å². The molecule has 0 aliphatic carbocycles. The second-order valence-electron chi connectivity index (χ2n) is 3.19. The third kappa shape index (κ3) is 3.18. The SMILES string of the molecule is C=COS(=O)(=O)c1cccc2ccccc12.[H-].[K+]. The Morgan fingerprint density at radius 2 is 1.76 bits per heavy atom. The molecule has 5 heteroatoms. The number of hydrogen-bond acceptors (Lipinski definition) is 3. The van der Waals surface area contributed by atoms with Crippen LogP contribution < -0.4 is 51.4 Å². The summed E-state index contributed by atoms with van der Waals surface area (Å²) in [6.07, 6.45) is 0.914. The largest absolute Gasteiger partial charge is 1.00 e.